The molecule has 2 aromatic carbocycles. The lowest BCUT2D eigenvalue weighted by molar-refractivity contribution is -0.117. The molecule has 0 atom stereocenters. The standard InChI is InChI=1S/C20H25N3O/c1-17-6-5-7-18(14-17)15-22-10-12-23(13-11-22)16-20(24)21-19-8-3-2-4-9-19/h2-9,14H,10-13,15-16H2,1H3,(H,21,24). The number of carbonyl (C=O) groups is 1. The number of nitrogens with zero attached hydrogens (tertiary/aromatic N) is 2. The van der Waals surface area contributed by atoms with Crippen molar-refractivity contribution in [3.63, 3.8) is 0 Å². The van der Waals surface area contributed by atoms with Crippen LogP contribution in [0.4, 0.5) is 5.69 Å². The maximum absolute atomic E-state index is 12.1. The summed E-state index contributed by atoms with van der Waals surface area (Å²) in [5.74, 6) is 0.0633. The SMILES string of the molecule is Cc1cccc(CN2CCN(CC(=O)Nc3ccccc3)CC2)c1. The Morgan fingerprint density at radius 2 is 1.67 bits per heavy atom. The van der Waals surface area contributed by atoms with E-state index in [9.17, 15) is 4.79 Å². The van der Waals surface area contributed by atoms with Gasteiger partial charge in [0, 0.05) is 38.4 Å². The first kappa shape index (κ1) is 16.7. The van der Waals surface area contributed by atoms with Crippen molar-refractivity contribution >= 4 is 11.6 Å². The smallest absolute Gasteiger partial charge is 0.238 e. The Labute approximate surface area is 144 Å². The first-order chi connectivity index (χ1) is 11.7. The quantitative estimate of drug-likeness (QED) is 0.919. The topological polar surface area (TPSA) is 35.6 Å². The molecule has 1 saturated heterocycles. The molecule has 0 unspecified atom stereocenters. The molecule has 1 amide bonds. The molecule has 0 aromatic heterocycles. The summed E-state index contributed by atoms with van der Waals surface area (Å²) in [4.78, 5) is 16.8. The molecule has 0 saturated carbocycles. The number of para-hydroxylation sites is 1. The highest BCUT2D eigenvalue weighted by atomic mass is 16.2. The molecule has 1 aliphatic rings. The zero-order chi connectivity index (χ0) is 16.8. The van der Waals surface area contributed by atoms with Crippen LogP contribution in [0.1, 0.15) is 11.1 Å². The van der Waals surface area contributed by atoms with Gasteiger partial charge in [-0.25, -0.2) is 0 Å². The summed E-state index contributed by atoms with van der Waals surface area (Å²) in [6, 6.07) is 18.3. The number of hydrogen-bond acceptors (Lipinski definition) is 3. The average molecular weight is 323 g/mol. The Bertz CT molecular complexity index is 664. The van der Waals surface area contributed by atoms with Crippen molar-refractivity contribution in [3.8, 4) is 0 Å². The summed E-state index contributed by atoms with van der Waals surface area (Å²) in [6.07, 6.45) is 0. The van der Waals surface area contributed by atoms with Crippen LogP contribution < -0.4 is 5.32 Å². The van der Waals surface area contributed by atoms with Crippen molar-refractivity contribution in [1.29, 1.82) is 0 Å². The van der Waals surface area contributed by atoms with Gasteiger partial charge in [0.1, 0.15) is 0 Å². The molecule has 2 aromatic rings. The van der Waals surface area contributed by atoms with Crippen LogP contribution in [0.15, 0.2) is 54.6 Å². The van der Waals surface area contributed by atoms with Gasteiger partial charge in [0.2, 0.25) is 5.91 Å². The second kappa shape index (κ2) is 8.08. The second-order valence-corrected chi connectivity index (χ2v) is 6.46. The van der Waals surface area contributed by atoms with Crippen molar-refractivity contribution in [1.82, 2.24) is 9.80 Å². The number of nitrogens with one attached hydrogen (secondary N) is 1. The summed E-state index contributed by atoms with van der Waals surface area (Å²) < 4.78 is 0. The minimum atomic E-state index is 0.0633. The number of piperazine rings is 1. The lowest BCUT2D eigenvalue weighted by Gasteiger charge is -2.34. The Morgan fingerprint density at radius 3 is 2.38 bits per heavy atom. The number of anilines is 1. The van der Waals surface area contributed by atoms with Gasteiger partial charge in [0.25, 0.3) is 0 Å². The molecule has 1 aliphatic heterocycles. The van der Waals surface area contributed by atoms with E-state index in [1.165, 1.54) is 11.1 Å². The van der Waals surface area contributed by atoms with E-state index in [0.717, 1.165) is 38.4 Å². The molecular formula is C20H25N3O. The van der Waals surface area contributed by atoms with Gasteiger partial charge in [-0.3, -0.25) is 14.6 Å². The van der Waals surface area contributed by atoms with Gasteiger partial charge in [-0.2, -0.15) is 0 Å². The normalized spacial score (nSPS) is 16.0. The van der Waals surface area contributed by atoms with Crippen LogP contribution in [-0.4, -0.2) is 48.4 Å². The predicted octanol–water partition coefficient (Wildman–Crippen LogP) is 2.75. The molecular weight excluding hydrogens is 298 g/mol. The third-order valence-electron chi connectivity index (χ3n) is 4.38. The molecule has 0 radical (unpaired) electrons. The van der Waals surface area contributed by atoms with Crippen molar-refractivity contribution in [2.75, 3.05) is 38.0 Å². The Hall–Kier alpha value is -2.17. The molecule has 4 heteroatoms. The molecule has 24 heavy (non-hydrogen) atoms. The van der Waals surface area contributed by atoms with Gasteiger partial charge in [-0.05, 0) is 24.6 Å². The van der Waals surface area contributed by atoms with Gasteiger partial charge >= 0.3 is 0 Å². The largest absolute Gasteiger partial charge is 0.325 e. The third kappa shape index (κ3) is 4.91. The molecule has 4 nitrogen and oxygen atoms in total. The van der Waals surface area contributed by atoms with Crippen LogP contribution in [0.25, 0.3) is 0 Å². The Kier molecular flexibility index (Phi) is 5.62. The molecule has 1 fully saturated rings. The minimum absolute atomic E-state index is 0.0633. The Morgan fingerprint density at radius 1 is 0.958 bits per heavy atom. The van der Waals surface area contributed by atoms with E-state index in [0.29, 0.717) is 6.54 Å². The number of rotatable bonds is 5. The van der Waals surface area contributed by atoms with Crippen LogP contribution >= 0.6 is 0 Å². The molecule has 0 bridgehead atoms. The fraction of sp³-hybridized carbons (Fsp3) is 0.350. The summed E-state index contributed by atoms with van der Waals surface area (Å²) in [6.45, 7) is 7.48. The van der Waals surface area contributed by atoms with Crippen LogP contribution in [-0.2, 0) is 11.3 Å². The zero-order valence-electron chi connectivity index (χ0n) is 14.2. The predicted molar refractivity (Wildman–Crippen MR) is 98.0 cm³/mol. The lowest BCUT2D eigenvalue weighted by Crippen LogP contribution is -2.48. The maximum Gasteiger partial charge on any atom is 0.238 e. The highest BCUT2D eigenvalue weighted by Crippen LogP contribution is 2.11. The summed E-state index contributed by atoms with van der Waals surface area (Å²) in [5, 5.41) is 2.95. The molecule has 1 N–H and O–H groups in total. The van der Waals surface area contributed by atoms with E-state index < -0.39 is 0 Å². The lowest BCUT2D eigenvalue weighted by atomic mass is 10.1. The summed E-state index contributed by atoms with van der Waals surface area (Å²) >= 11 is 0. The van der Waals surface area contributed by atoms with Gasteiger partial charge < -0.3 is 5.32 Å². The maximum atomic E-state index is 12.1. The Balaban J connectivity index is 1.42. The highest BCUT2D eigenvalue weighted by Gasteiger charge is 2.19. The van der Waals surface area contributed by atoms with Crippen LogP contribution in [0.3, 0.4) is 0 Å². The molecule has 3 rings (SSSR count). The van der Waals surface area contributed by atoms with Crippen molar-refractivity contribution < 1.29 is 4.79 Å². The van der Waals surface area contributed by atoms with E-state index in [4.69, 9.17) is 0 Å². The number of aryl methyl sites for hydroxylation is 1. The van der Waals surface area contributed by atoms with Gasteiger partial charge in [0.15, 0.2) is 0 Å². The minimum Gasteiger partial charge on any atom is -0.325 e. The van der Waals surface area contributed by atoms with E-state index in [1.54, 1.807) is 0 Å². The van der Waals surface area contributed by atoms with Crippen LogP contribution in [0, 0.1) is 6.92 Å². The van der Waals surface area contributed by atoms with Crippen molar-refractivity contribution in [2.24, 2.45) is 0 Å². The fourth-order valence-corrected chi connectivity index (χ4v) is 3.10. The first-order valence-electron chi connectivity index (χ1n) is 8.54. The average Bonchev–Trinajstić information content (AvgIpc) is 2.57. The van der Waals surface area contributed by atoms with Gasteiger partial charge in [-0.1, -0.05) is 48.0 Å². The molecule has 0 spiro atoms. The van der Waals surface area contributed by atoms with E-state index in [-0.39, 0.29) is 5.91 Å². The number of carbonyl (C=O) groups excluding carboxylic acids is 1. The number of amides is 1. The fourth-order valence-electron chi connectivity index (χ4n) is 3.10. The zero-order valence-corrected chi connectivity index (χ0v) is 14.2. The molecule has 1 heterocycles. The van der Waals surface area contributed by atoms with Crippen LogP contribution in [0.2, 0.25) is 0 Å². The summed E-state index contributed by atoms with van der Waals surface area (Å²) in [7, 11) is 0. The molecule has 126 valence electrons. The second-order valence-electron chi connectivity index (χ2n) is 6.46. The van der Waals surface area contributed by atoms with E-state index in [2.05, 4.69) is 46.3 Å². The first-order valence-corrected chi connectivity index (χ1v) is 8.54. The van der Waals surface area contributed by atoms with Gasteiger partial charge in [0.05, 0.1) is 6.54 Å². The van der Waals surface area contributed by atoms with E-state index in [1.807, 2.05) is 30.3 Å². The monoisotopic (exact) mass is 323 g/mol. The third-order valence-corrected chi connectivity index (χ3v) is 4.38. The van der Waals surface area contributed by atoms with Crippen molar-refractivity contribution in [3.05, 3.63) is 65.7 Å². The summed E-state index contributed by atoms with van der Waals surface area (Å²) in [5.41, 5.74) is 3.54. The van der Waals surface area contributed by atoms with Crippen molar-refractivity contribution in [2.45, 2.75) is 13.5 Å². The van der Waals surface area contributed by atoms with E-state index >= 15 is 0 Å². The van der Waals surface area contributed by atoms with Gasteiger partial charge in [-0.15, -0.1) is 0 Å². The number of benzene rings is 2. The van der Waals surface area contributed by atoms with Crippen LogP contribution in [0.5, 0.6) is 0 Å². The number of hydrogen-bond donors (Lipinski definition) is 1. The highest BCUT2D eigenvalue weighted by molar-refractivity contribution is 5.92. The molecule has 0 aliphatic carbocycles.